The van der Waals surface area contributed by atoms with E-state index < -0.39 is 11.0 Å². The lowest BCUT2D eigenvalue weighted by atomic mass is 9.57. The van der Waals surface area contributed by atoms with Crippen molar-refractivity contribution in [1.29, 1.82) is 5.26 Å². The predicted molar refractivity (Wildman–Crippen MR) is 74.5 cm³/mol. The molecule has 3 nitrogen and oxygen atoms in total. The number of rotatable bonds is 1. The van der Waals surface area contributed by atoms with Crippen molar-refractivity contribution in [2.24, 2.45) is 16.7 Å². The molecule has 0 bridgehead atoms. The fraction of sp³-hybridized carbons (Fsp3) is 0.938. The van der Waals surface area contributed by atoms with E-state index in [0.29, 0.717) is 37.4 Å². The molecule has 0 aromatic rings. The Balaban J connectivity index is 2.12. The number of nitriles is 1. The molecule has 0 radical (unpaired) electrons. The van der Waals surface area contributed by atoms with Gasteiger partial charge >= 0.3 is 0 Å². The van der Waals surface area contributed by atoms with Crippen molar-refractivity contribution in [3.05, 3.63) is 0 Å². The molecule has 2 aliphatic rings. The summed E-state index contributed by atoms with van der Waals surface area (Å²) in [4.78, 5) is 0. The summed E-state index contributed by atoms with van der Waals surface area (Å²) >= 11 is 0. The Morgan fingerprint density at radius 3 is 2.05 bits per heavy atom. The fourth-order valence-electron chi connectivity index (χ4n) is 3.85. The van der Waals surface area contributed by atoms with Crippen LogP contribution in [0.1, 0.15) is 59.3 Å². The zero-order valence-electron chi connectivity index (χ0n) is 12.5. The average Bonchev–Trinajstić information content (AvgIpc) is 2.38. The maximum Gasteiger partial charge on any atom is 0.0877 e. The van der Waals surface area contributed by atoms with Gasteiger partial charge < -0.3 is 9.84 Å². The van der Waals surface area contributed by atoms with Crippen molar-refractivity contribution in [3.63, 3.8) is 0 Å². The molecule has 0 spiro atoms. The lowest BCUT2D eigenvalue weighted by molar-refractivity contribution is -0.140. The molecule has 1 saturated carbocycles. The van der Waals surface area contributed by atoms with Gasteiger partial charge in [0.15, 0.2) is 0 Å². The van der Waals surface area contributed by atoms with Gasteiger partial charge in [0.05, 0.1) is 17.1 Å². The van der Waals surface area contributed by atoms with Crippen LogP contribution in [0.2, 0.25) is 0 Å². The smallest absolute Gasteiger partial charge is 0.0877 e. The Morgan fingerprint density at radius 2 is 1.63 bits per heavy atom. The van der Waals surface area contributed by atoms with Crippen molar-refractivity contribution >= 4 is 0 Å². The molecule has 108 valence electrons. The SMILES string of the molecule is CC(C)(C)C1CCC(C#N)(C2(O)CCOCC2)CC1. The maximum atomic E-state index is 10.9. The van der Waals surface area contributed by atoms with Crippen molar-refractivity contribution in [1.82, 2.24) is 0 Å². The van der Waals surface area contributed by atoms with E-state index >= 15 is 0 Å². The average molecular weight is 265 g/mol. The molecule has 2 fully saturated rings. The maximum absolute atomic E-state index is 10.9. The molecule has 0 unspecified atom stereocenters. The Morgan fingerprint density at radius 1 is 1.11 bits per heavy atom. The highest BCUT2D eigenvalue weighted by Gasteiger charge is 2.53. The Kier molecular flexibility index (Phi) is 3.95. The fourth-order valence-corrected chi connectivity index (χ4v) is 3.85. The minimum absolute atomic E-state index is 0.305. The molecule has 1 N–H and O–H groups in total. The van der Waals surface area contributed by atoms with Crippen LogP contribution in [0.5, 0.6) is 0 Å². The van der Waals surface area contributed by atoms with Crippen molar-refractivity contribution in [2.75, 3.05) is 13.2 Å². The normalized spacial score (nSPS) is 35.6. The third-order valence-corrected chi connectivity index (χ3v) is 5.49. The van der Waals surface area contributed by atoms with Crippen LogP contribution >= 0.6 is 0 Å². The second-order valence-corrected chi connectivity index (χ2v) is 7.48. The van der Waals surface area contributed by atoms with E-state index in [9.17, 15) is 10.4 Å². The highest BCUT2D eigenvalue weighted by atomic mass is 16.5. The lowest BCUT2D eigenvalue weighted by Gasteiger charge is -2.49. The van der Waals surface area contributed by atoms with E-state index in [1.807, 2.05) is 0 Å². The second-order valence-electron chi connectivity index (χ2n) is 7.48. The van der Waals surface area contributed by atoms with Gasteiger partial charge in [-0.05, 0) is 37.0 Å². The molecule has 0 amide bonds. The molecule has 1 aliphatic heterocycles. The number of hydrogen-bond acceptors (Lipinski definition) is 3. The van der Waals surface area contributed by atoms with Crippen LogP contribution in [0.3, 0.4) is 0 Å². The summed E-state index contributed by atoms with van der Waals surface area (Å²) in [5.41, 5.74) is -1.07. The summed E-state index contributed by atoms with van der Waals surface area (Å²) in [5, 5.41) is 20.6. The van der Waals surface area contributed by atoms with Crippen LogP contribution in [-0.4, -0.2) is 23.9 Å². The van der Waals surface area contributed by atoms with Crippen LogP contribution in [0.25, 0.3) is 0 Å². The predicted octanol–water partition coefficient (Wildman–Crippen LogP) is 3.27. The molecule has 3 heteroatoms. The first kappa shape index (κ1) is 14.8. The first-order valence-electron chi connectivity index (χ1n) is 7.54. The van der Waals surface area contributed by atoms with Gasteiger partial charge in [-0.15, -0.1) is 0 Å². The first-order chi connectivity index (χ1) is 8.83. The van der Waals surface area contributed by atoms with Gasteiger partial charge in [-0.3, -0.25) is 0 Å². The summed E-state index contributed by atoms with van der Waals surface area (Å²) in [7, 11) is 0. The molecule has 0 aromatic carbocycles. The van der Waals surface area contributed by atoms with Gasteiger partial charge in [0, 0.05) is 26.1 Å². The molecule has 1 heterocycles. The number of nitrogens with zero attached hydrogens (tertiary/aromatic N) is 1. The molecule has 19 heavy (non-hydrogen) atoms. The van der Waals surface area contributed by atoms with Gasteiger partial charge in [0.25, 0.3) is 0 Å². The van der Waals surface area contributed by atoms with Crippen molar-refractivity contribution in [3.8, 4) is 6.07 Å². The summed E-state index contributed by atoms with van der Waals surface area (Å²) in [6.07, 6.45) is 5.01. The van der Waals surface area contributed by atoms with Crippen LogP contribution in [0, 0.1) is 28.1 Å². The second kappa shape index (κ2) is 5.07. The van der Waals surface area contributed by atoms with Crippen LogP contribution < -0.4 is 0 Å². The van der Waals surface area contributed by atoms with E-state index in [1.54, 1.807) is 0 Å². The Bertz CT molecular complexity index is 350. The van der Waals surface area contributed by atoms with E-state index in [2.05, 4.69) is 26.8 Å². The monoisotopic (exact) mass is 265 g/mol. The summed E-state index contributed by atoms with van der Waals surface area (Å²) in [5.74, 6) is 0.664. The molecule has 1 saturated heterocycles. The number of aliphatic hydroxyl groups is 1. The zero-order chi connectivity index (χ0) is 14.1. The van der Waals surface area contributed by atoms with E-state index in [4.69, 9.17) is 4.74 Å². The molecular formula is C16H27NO2. The quantitative estimate of drug-likeness (QED) is 0.791. The minimum Gasteiger partial charge on any atom is -0.388 e. The molecule has 2 rings (SSSR count). The van der Waals surface area contributed by atoms with E-state index in [-0.39, 0.29) is 0 Å². The molecule has 1 aliphatic carbocycles. The van der Waals surface area contributed by atoms with E-state index in [0.717, 1.165) is 25.7 Å². The van der Waals surface area contributed by atoms with Crippen molar-refractivity contribution in [2.45, 2.75) is 64.9 Å². The Hall–Kier alpha value is -0.590. The number of ether oxygens (including phenoxy) is 1. The van der Waals surface area contributed by atoms with Gasteiger partial charge in [0.1, 0.15) is 0 Å². The van der Waals surface area contributed by atoms with Crippen molar-refractivity contribution < 1.29 is 9.84 Å². The number of hydrogen-bond donors (Lipinski definition) is 1. The first-order valence-corrected chi connectivity index (χ1v) is 7.54. The largest absolute Gasteiger partial charge is 0.388 e. The Labute approximate surface area is 117 Å². The molecule has 0 aromatic heterocycles. The lowest BCUT2D eigenvalue weighted by Crippen LogP contribution is -2.53. The highest BCUT2D eigenvalue weighted by molar-refractivity contribution is 5.14. The molecular weight excluding hydrogens is 238 g/mol. The van der Waals surface area contributed by atoms with Gasteiger partial charge in [-0.2, -0.15) is 5.26 Å². The van der Waals surface area contributed by atoms with Gasteiger partial charge in [-0.25, -0.2) is 0 Å². The van der Waals surface area contributed by atoms with Crippen LogP contribution in [-0.2, 0) is 4.74 Å². The summed E-state index contributed by atoms with van der Waals surface area (Å²) in [6, 6.07) is 2.49. The van der Waals surface area contributed by atoms with Crippen LogP contribution in [0.4, 0.5) is 0 Å². The third kappa shape index (κ3) is 2.66. The topological polar surface area (TPSA) is 53.2 Å². The zero-order valence-corrected chi connectivity index (χ0v) is 12.5. The summed E-state index contributed by atoms with van der Waals surface area (Å²) in [6.45, 7) is 8.01. The minimum atomic E-state index is -0.831. The van der Waals surface area contributed by atoms with Gasteiger partial charge in [-0.1, -0.05) is 20.8 Å². The van der Waals surface area contributed by atoms with E-state index in [1.165, 1.54) is 0 Å². The van der Waals surface area contributed by atoms with Crippen LogP contribution in [0.15, 0.2) is 0 Å². The van der Waals surface area contributed by atoms with Gasteiger partial charge in [0.2, 0.25) is 0 Å². The highest BCUT2D eigenvalue weighted by Crippen LogP contribution is 2.52. The standard InChI is InChI=1S/C16H27NO2/c1-14(2,3)13-4-6-15(12-17,7-5-13)16(18)8-10-19-11-9-16/h13,18H,4-11H2,1-3H3. The third-order valence-electron chi connectivity index (χ3n) is 5.49. The summed E-state index contributed by atoms with van der Waals surface area (Å²) < 4.78 is 5.35. The molecule has 0 atom stereocenters.